The lowest BCUT2D eigenvalue weighted by molar-refractivity contribution is 0.0826. The third kappa shape index (κ3) is 2.59. The second-order valence-electron chi connectivity index (χ2n) is 8.55. The topological polar surface area (TPSA) is 46.9 Å². The molecule has 25 heavy (non-hydrogen) atoms. The molecule has 0 aliphatic heterocycles. The Morgan fingerprint density at radius 3 is 2.68 bits per heavy atom. The molecule has 2 bridgehead atoms. The number of hydrogen-bond acceptors (Lipinski definition) is 2. The molecule has 0 unspecified atom stereocenters. The number of hydrogen-bond donors (Lipinski definition) is 1. The average molecular weight is 337 g/mol. The van der Waals surface area contributed by atoms with Crippen LogP contribution in [0.5, 0.6) is 0 Å². The fraction of sp³-hybridized carbons (Fsp3) is 0.524. The Kier molecular flexibility index (Phi) is 3.75. The standard InChI is InChI=1S/C21H27N3O/c1-20(2)17-9-10-21(20,3)18(11-17)23-19(25)16-12-22-24(14-16)13-15-7-5-4-6-8-15/h4-8,12,14,17-18H,9-11,13H2,1-3H3,(H,23,25)/t17-,18+,21-/m0/s1. The van der Waals surface area contributed by atoms with Crippen molar-refractivity contribution in [1.29, 1.82) is 0 Å². The number of benzene rings is 1. The first-order chi connectivity index (χ1) is 11.9. The molecule has 4 rings (SSSR count). The summed E-state index contributed by atoms with van der Waals surface area (Å²) >= 11 is 0. The molecular weight excluding hydrogens is 310 g/mol. The van der Waals surface area contributed by atoms with Gasteiger partial charge in [0.05, 0.1) is 18.3 Å². The van der Waals surface area contributed by atoms with Gasteiger partial charge in [-0.15, -0.1) is 0 Å². The third-order valence-electron chi connectivity index (χ3n) is 7.18. The first-order valence-corrected chi connectivity index (χ1v) is 9.27. The summed E-state index contributed by atoms with van der Waals surface area (Å²) in [4.78, 5) is 12.7. The van der Waals surface area contributed by atoms with Gasteiger partial charge in [0.2, 0.25) is 0 Å². The van der Waals surface area contributed by atoms with Crippen LogP contribution in [-0.4, -0.2) is 21.7 Å². The van der Waals surface area contributed by atoms with Crippen LogP contribution < -0.4 is 5.32 Å². The van der Waals surface area contributed by atoms with Crippen molar-refractivity contribution in [3.63, 3.8) is 0 Å². The van der Waals surface area contributed by atoms with Crippen LogP contribution in [0.4, 0.5) is 0 Å². The zero-order valence-electron chi connectivity index (χ0n) is 15.3. The minimum Gasteiger partial charge on any atom is -0.349 e. The molecule has 4 nitrogen and oxygen atoms in total. The molecule has 1 amide bonds. The van der Waals surface area contributed by atoms with Crippen molar-refractivity contribution in [2.24, 2.45) is 16.7 Å². The van der Waals surface area contributed by atoms with Gasteiger partial charge in [0.1, 0.15) is 0 Å². The Morgan fingerprint density at radius 1 is 1.28 bits per heavy atom. The molecule has 4 heteroatoms. The van der Waals surface area contributed by atoms with E-state index in [9.17, 15) is 4.79 Å². The minimum atomic E-state index is 0.00823. The second kappa shape index (κ2) is 5.72. The average Bonchev–Trinajstić information content (AvgIpc) is 3.19. The van der Waals surface area contributed by atoms with Gasteiger partial charge < -0.3 is 5.32 Å². The van der Waals surface area contributed by atoms with Crippen molar-refractivity contribution in [2.75, 3.05) is 0 Å². The van der Waals surface area contributed by atoms with Gasteiger partial charge in [-0.1, -0.05) is 51.1 Å². The molecule has 0 radical (unpaired) electrons. The lowest BCUT2D eigenvalue weighted by Gasteiger charge is -2.39. The Hall–Kier alpha value is -2.10. The maximum Gasteiger partial charge on any atom is 0.254 e. The van der Waals surface area contributed by atoms with Crippen LogP contribution in [0.3, 0.4) is 0 Å². The van der Waals surface area contributed by atoms with Gasteiger partial charge in [0.25, 0.3) is 5.91 Å². The number of aromatic nitrogens is 2. The highest BCUT2D eigenvalue weighted by molar-refractivity contribution is 5.94. The van der Waals surface area contributed by atoms with Crippen LogP contribution in [0, 0.1) is 16.7 Å². The minimum absolute atomic E-state index is 0.00823. The van der Waals surface area contributed by atoms with Crippen LogP contribution in [0.2, 0.25) is 0 Å². The van der Waals surface area contributed by atoms with E-state index in [1.54, 1.807) is 6.20 Å². The molecular formula is C21H27N3O. The van der Waals surface area contributed by atoms with E-state index in [-0.39, 0.29) is 17.4 Å². The molecule has 1 heterocycles. The zero-order valence-corrected chi connectivity index (χ0v) is 15.3. The molecule has 2 aliphatic carbocycles. The van der Waals surface area contributed by atoms with E-state index >= 15 is 0 Å². The summed E-state index contributed by atoms with van der Waals surface area (Å²) in [5.41, 5.74) is 2.34. The summed E-state index contributed by atoms with van der Waals surface area (Å²) in [6.45, 7) is 7.78. The van der Waals surface area contributed by atoms with Crippen molar-refractivity contribution in [3.05, 3.63) is 53.9 Å². The lowest BCUT2D eigenvalue weighted by atomic mass is 9.69. The van der Waals surface area contributed by atoms with Crippen LogP contribution >= 0.6 is 0 Å². The molecule has 2 aromatic rings. The molecule has 1 aromatic carbocycles. The fourth-order valence-corrected chi connectivity index (χ4v) is 5.00. The monoisotopic (exact) mass is 337 g/mol. The van der Waals surface area contributed by atoms with Crippen molar-refractivity contribution in [3.8, 4) is 0 Å². The van der Waals surface area contributed by atoms with Crippen LogP contribution in [0.15, 0.2) is 42.7 Å². The first-order valence-electron chi connectivity index (χ1n) is 9.27. The van der Waals surface area contributed by atoms with Gasteiger partial charge in [-0.05, 0) is 41.6 Å². The number of rotatable bonds is 4. The van der Waals surface area contributed by atoms with Crippen molar-refractivity contribution in [1.82, 2.24) is 15.1 Å². The van der Waals surface area contributed by atoms with E-state index in [0.717, 1.165) is 12.3 Å². The fourth-order valence-electron chi connectivity index (χ4n) is 5.00. The van der Waals surface area contributed by atoms with Crippen molar-refractivity contribution < 1.29 is 4.79 Å². The molecule has 2 fully saturated rings. The quantitative estimate of drug-likeness (QED) is 0.920. The van der Waals surface area contributed by atoms with Crippen molar-refractivity contribution in [2.45, 2.75) is 52.6 Å². The third-order valence-corrected chi connectivity index (χ3v) is 7.18. The molecule has 132 valence electrons. The first kappa shape index (κ1) is 16.4. The number of carbonyl (C=O) groups excluding carboxylic acids is 1. The number of carbonyl (C=O) groups is 1. The molecule has 0 spiro atoms. The molecule has 2 aliphatic rings. The van der Waals surface area contributed by atoms with E-state index in [1.165, 1.54) is 18.4 Å². The smallest absolute Gasteiger partial charge is 0.254 e. The summed E-state index contributed by atoms with van der Waals surface area (Å²) in [5.74, 6) is 0.734. The predicted octanol–water partition coefficient (Wildman–Crippen LogP) is 3.88. The van der Waals surface area contributed by atoms with Crippen LogP contribution in [-0.2, 0) is 6.54 Å². The predicted molar refractivity (Wildman–Crippen MR) is 98.3 cm³/mol. The van der Waals surface area contributed by atoms with E-state index in [4.69, 9.17) is 0 Å². The summed E-state index contributed by atoms with van der Waals surface area (Å²) < 4.78 is 1.83. The SMILES string of the molecule is CC1(C)[C@H]2CC[C@@]1(C)[C@H](NC(=O)c1cnn(Cc3ccccc3)c1)C2. The van der Waals surface area contributed by atoms with E-state index in [1.807, 2.05) is 29.1 Å². The van der Waals surface area contributed by atoms with Crippen molar-refractivity contribution >= 4 is 5.91 Å². The van der Waals surface area contributed by atoms with E-state index in [0.29, 0.717) is 17.5 Å². The van der Waals surface area contributed by atoms with Gasteiger partial charge in [-0.3, -0.25) is 9.48 Å². The summed E-state index contributed by atoms with van der Waals surface area (Å²) in [5, 5.41) is 7.66. The molecule has 2 saturated carbocycles. The maximum absolute atomic E-state index is 12.7. The van der Waals surface area contributed by atoms with Gasteiger partial charge in [-0.2, -0.15) is 5.10 Å². The van der Waals surface area contributed by atoms with Gasteiger partial charge in [-0.25, -0.2) is 0 Å². The number of amides is 1. The zero-order chi connectivity index (χ0) is 17.7. The molecule has 3 atom stereocenters. The summed E-state index contributed by atoms with van der Waals surface area (Å²) in [6, 6.07) is 10.4. The van der Waals surface area contributed by atoms with Gasteiger partial charge >= 0.3 is 0 Å². The Labute approximate surface area is 149 Å². The Bertz CT molecular complexity index is 779. The lowest BCUT2D eigenvalue weighted by Crippen LogP contribution is -2.46. The maximum atomic E-state index is 12.7. The Balaban J connectivity index is 1.44. The number of fused-ring (bicyclic) bond motifs is 2. The highest BCUT2D eigenvalue weighted by Crippen LogP contribution is 2.65. The van der Waals surface area contributed by atoms with E-state index in [2.05, 4.69) is 43.3 Å². The number of nitrogens with one attached hydrogen (secondary N) is 1. The number of nitrogens with zero attached hydrogens (tertiary/aromatic N) is 2. The normalized spacial score (nSPS) is 29.7. The van der Waals surface area contributed by atoms with Gasteiger partial charge in [0.15, 0.2) is 0 Å². The highest BCUT2D eigenvalue weighted by atomic mass is 16.1. The second-order valence-corrected chi connectivity index (χ2v) is 8.55. The summed E-state index contributed by atoms with van der Waals surface area (Å²) in [7, 11) is 0. The van der Waals surface area contributed by atoms with Gasteiger partial charge in [0, 0.05) is 12.2 Å². The molecule has 1 N–H and O–H groups in total. The van der Waals surface area contributed by atoms with Crippen LogP contribution in [0.1, 0.15) is 56.0 Å². The summed E-state index contributed by atoms with van der Waals surface area (Å²) in [6.07, 6.45) is 7.14. The van der Waals surface area contributed by atoms with Crippen LogP contribution in [0.25, 0.3) is 0 Å². The highest BCUT2D eigenvalue weighted by Gasteiger charge is 2.61. The Morgan fingerprint density at radius 2 is 2.04 bits per heavy atom. The molecule has 0 saturated heterocycles. The molecule has 1 aromatic heterocycles. The largest absolute Gasteiger partial charge is 0.349 e. The van der Waals surface area contributed by atoms with E-state index < -0.39 is 0 Å².